The minimum atomic E-state index is -0.426. The highest BCUT2D eigenvalue weighted by atomic mass is 35.5. The van der Waals surface area contributed by atoms with Crippen molar-refractivity contribution in [3.63, 3.8) is 0 Å². The number of rotatable bonds is 4. The molecule has 2 aromatic heterocycles. The maximum atomic E-state index is 13.1. The Morgan fingerprint density at radius 2 is 1.79 bits per heavy atom. The fraction of sp³-hybridized carbons (Fsp3) is 0.0476. The molecule has 4 rings (SSSR count). The average molecular weight is 430 g/mol. The number of furan rings is 1. The fourth-order valence-electron chi connectivity index (χ4n) is 2.78. The molecule has 2 heterocycles. The summed E-state index contributed by atoms with van der Waals surface area (Å²) in [4.78, 5) is 12.9. The number of nitrogens with one attached hydrogen (secondary N) is 1. The third kappa shape index (κ3) is 4.04. The van der Waals surface area contributed by atoms with Crippen LogP contribution in [0.5, 0.6) is 0 Å². The lowest BCUT2D eigenvalue weighted by Crippen LogP contribution is -2.17. The Labute approximate surface area is 175 Å². The zero-order valence-electron chi connectivity index (χ0n) is 15.1. The molecule has 0 aliphatic heterocycles. The number of amides is 1. The summed E-state index contributed by atoms with van der Waals surface area (Å²) >= 11 is 12.1. The number of hydrogen-bond donors (Lipinski definition) is 1. The molecule has 2 aromatic carbocycles. The summed E-state index contributed by atoms with van der Waals surface area (Å²) in [6.07, 6.45) is 0. The summed E-state index contributed by atoms with van der Waals surface area (Å²) in [5.74, 6) is 0.433. The molecular formula is C21H14Cl2FN3O2. The second kappa shape index (κ2) is 7.73. The molecule has 0 radical (unpaired) electrons. The van der Waals surface area contributed by atoms with E-state index in [1.165, 1.54) is 28.9 Å². The van der Waals surface area contributed by atoms with E-state index >= 15 is 0 Å². The summed E-state index contributed by atoms with van der Waals surface area (Å²) < 4.78 is 20.2. The molecule has 0 aliphatic rings. The first-order valence-corrected chi connectivity index (χ1v) is 9.35. The zero-order chi connectivity index (χ0) is 20.5. The van der Waals surface area contributed by atoms with Crippen molar-refractivity contribution in [2.24, 2.45) is 0 Å². The van der Waals surface area contributed by atoms with Gasteiger partial charge in [0, 0.05) is 11.8 Å². The van der Waals surface area contributed by atoms with E-state index in [0.29, 0.717) is 32.9 Å². The Bertz CT molecular complexity index is 1200. The van der Waals surface area contributed by atoms with Crippen molar-refractivity contribution >= 4 is 34.8 Å². The van der Waals surface area contributed by atoms with Crippen LogP contribution in [0.1, 0.15) is 16.2 Å². The summed E-state index contributed by atoms with van der Waals surface area (Å²) in [5, 5.41) is 7.97. The molecule has 0 atom stereocenters. The fourth-order valence-corrected chi connectivity index (χ4v) is 3.07. The third-order valence-electron chi connectivity index (χ3n) is 4.18. The van der Waals surface area contributed by atoms with E-state index < -0.39 is 5.91 Å². The van der Waals surface area contributed by atoms with Gasteiger partial charge in [-0.15, -0.1) is 0 Å². The van der Waals surface area contributed by atoms with Crippen molar-refractivity contribution in [1.82, 2.24) is 9.78 Å². The Balaban J connectivity index is 1.77. The monoisotopic (exact) mass is 429 g/mol. The zero-order valence-corrected chi connectivity index (χ0v) is 16.6. The van der Waals surface area contributed by atoms with Crippen LogP contribution >= 0.6 is 23.2 Å². The molecule has 1 amide bonds. The lowest BCUT2D eigenvalue weighted by Gasteiger charge is -2.09. The molecule has 0 spiro atoms. The minimum Gasteiger partial charge on any atom is -0.460 e. The first kappa shape index (κ1) is 19.2. The van der Waals surface area contributed by atoms with Gasteiger partial charge in [-0.05, 0) is 61.5 Å². The van der Waals surface area contributed by atoms with Crippen LogP contribution in [0.2, 0.25) is 10.0 Å². The number of benzene rings is 2. The molecule has 8 heteroatoms. The number of nitrogens with zero attached hydrogens (tertiary/aromatic N) is 2. The second-order valence-corrected chi connectivity index (χ2v) is 7.11. The number of aryl methyl sites for hydroxylation is 1. The normalized spacial score (nSPS) is 10.9. The van der Waals surface area contributed by atoms with E-state index in [2.05, 4.69) is 10.4 Å². The number of carbonyl (C=O) groups is 1. The molecule has 1 N–H and O–H groups in total. The van der Waals surface area contributed by atoms with E-state index in [0.717, 1.165) is 5.76 Å². The van der Waals surface area contributed by atoms with Crippen LogP contribution in [0.15, 0.2) is 65.1 Å². The van der Waals surface area contributed by atoms with E-state index in [9.17, 15) is 9.18 Å². The van der Waals surface area contributed by atoms with Crippen LogP contribution in [0.3, 0.4) is 0 Å². The summed E-state index contributed by atoms with van der Waals surface area (Å²) in [6.45, 7) is 1.82. The van der Waals surface area contributed by atoms with Gasteiger partial charge in [-0.2, -0.15) is 5.10 Å². The molecule has 146 valence electrons. The Kier molecular flexibility index (Phi) is 5.13. The SMILES string of the molecule is Cc1ccc(-c2cc(C(=O)Nc3ccc(F)cc3)n(-c3ccc(Cl)c(Cl)c3)n2)o1. The maximum Gasteiger partial charge on any atom is 0.274 e. The minimum absolute atomic E-state index is 0.247. The van der Waals surface area contributed by atoms with Crippen LogP contribution in [0.25, 0.3) is 17.1 Å². The van der Waals surface area contributed by atoms with Crippen molar-refractivity contribution in [1.29, 1.82) is 0 Å². The van der Waals surface area contributed by atoms with Crippen molar-refractivity contribution in [2.45, 2.75) is 6.92 Å². The average Bonchev–Trinajstić information content (AvgIpc) is 3.32. The van der Waals surface area contributed by atoms with Gasteiger partial charge < -0.3 is 9.73 Å². The van der Waals surface area contributed by atoms with E-state index in [1.807, 2.05) is 13.0 Å². The molecule has 5 nitrogen and oxygen atoms in total. The van der Waals surface area contributed by atoms with Crippen LogP contribution in [-0.4, -0.2) is 15.7 Å². The Morgan fingerprint density at radius 1 is 1.03 bits per heavy atom. The molecule has 0 aliphatic carbocycles. The highest BCUT2D eigenvalue weighted by Crippen LogP contribution is 2.28. The molecule has 0 fully saturated rings. The first-order chi connectivity index (χ1) is 13.9. The predicted octanol–water partition coefficient (Wildman–Crippen LogP) is 6.14. The Hall–Kier alpha value is -3.09. The summed E-state index contributed by atoms with van der Waals surface area (Å²) in [6, 6.07) is 15.6. The Morgan fingerprint density at radius 3 is 2.45 bits per heavy atom. The highest BCUT2D eigenvalue weighted by molar-refractivity contribution is 6.42. The molecule has 29 heavy (non-hydrogen) atoms. The van der Waals surface area contributed by atoms with Gasteiger partial charge in [-0.3, -0.25) is 4.79 Å². The summed E-state index contributed by atoms with van der Waals surface area (Å²) in [5.41, 5.74) is 1.73. The van der Waals surface area contributed by atoms with E-state index in [1.54, 1.807) is 30.3 Å². The molecule has 0 saturated heterocycles. The lowest BCUT2D eigenvalue weighted by atomic mass is 10.2. The van der Waals surface area contributed by atoms with Crippen LogP contribution < -0.4 is 5.32 Å². The maximum absolute atomic E-state index is 13.1. The third-order valence-corrected chi connectivity index (χ3v) is 4.92. The highest BCUT2D eigenvalue weighted by Gasteiger charge is 2.20. The predicted molar refractivity (Wildman–Crippen MR) is 110 cm³/mol. The number of halogens is 3. The smallest absolute Gasteiger partial charge is 0.274 e. The van der Waals surface area contributed by atoms with Gasteiger partial charge in [0.2, 0.25) is 0 Å². The van der Waals surface area contributed by atoms with Gasteiger partial charge in [0.1, 0.15) is 23.0 Å². The van der Waals surface area contributed by atoms with Gasteiger partial charge in [-0.25, -0.2) is 9.07 Å². The number of anilines is 1. The van der Waals surface area contributed by atoms with Gasteiger partial charge >= 0.3 is 0 Å². The lowest BCUT2D eigenvalue weighted by molar-refractivity contribution is 0.101. The molecule has 0 bridgehead atoms. The van der Waals surface area contributed by atoms with Gasteiger partial charge in [0.15, 0.2) is 5.76 Å². The first-order valence-electron chi connectivity index (χ1n) is 8.60. The van der Waals surface area contributed by atoms with Gasteiger partial charge in [0.25, 0.3) is 5.91 Å². The van der Waals surface area contributed by atoms with Crippen molar-refractivity contribution in [3.05, 3.63) is 88.0 Å². The van der Waals surface area contributed by atoms with Gasteiger partial charge in [0.05, 0.1) is 15.7 Å². The molecule has 4 aromatic rings. The van der Waals surface area contributed by atoms with E-state index in [4.69, 9.17) is 27.6 Å². The topological polar surface area (TPSA) is 60.1 Å². The second-order valence-electron chi connectivity index (χ2n) is 6.30. The van der Waals surface area contributed by atoms with Crippen molar-refractivity contribution in [2.75, 3.05) is 5.32 Å². The quantitative estimate of drug-likeness (QED) is 0.423. The van der Waals surface area contributed by atoms with Gasteiger partial charge in [-0.1, -0.05) is 23.2 Å². The molecule has 0 saturated carbocycles. The van der Waals surface area contributed by atoms with Crippen molar-refractivity contribution in [3.8, 4) is 17.1 Å². The number of aromatic nitrogens is 2. The number of hydrogen-bond acceptors (Lipinski definition) is 3. The molecular weight excluding hydrogens is 416 g/mol. The van der Waals surface area contributed by atoms with Crippen LogP contribution in [-0.2, 0) is 0 Å². The number of carbonyl (C=O) groups excluding carboxylic acids is 1. The molecule has 0 unspecified atom stereocenters. The van der Waals surface area contributed by atoms with Crippen LogP contribution in [0, 0.1) is 12.7 Å². The van der Waals surface area contributed by atoms with Crippen LogP contribution in [0.4, 0.5) is 10.1 Å². The van der Waals surface area contributed by atoms with Crippen molar-refractivity contribution < 1.29 is 13.6 Å². The summed E-state index contributed by atoms with van der Waals surface area (Å²) in [7, 11) is 0. The van der Waals surface area contributed by atoms with E-state index in [-0.39, 0.29) is 11.5 Å². The largest absolute Gasteiger partial charge is 0.460 e. The standard InChI is InChI=1S/C21H14Cl2FN3O2/c1-12-2-9-20(29-12)18-11-19(21(28)25-14-5-3-13(24)4-6-14)27(26-18)15-7-8-16(22)17(23)10-15/h2-11H,1H3,(H,25,28).